The molecule has 0 aliphatic heterocycles. The molecule has 0 amide bonds. The van der Waals surface area contributed by atoms with E-state index in [-0.39, 0.29) is 10.8 Å². The van der Waals surface area contributed by atoms with Crippen LogP contribution >= 0.6 is 0 Å². The second kappa shape index (κ2) is 10.0. The Labute approximate surface area is 276 Å². The Morgan fingerprint density at radius 1 is 0.319 bits per heavy atom. The molecule has 0 N–H and O–H groups in total. The fourth-order valence-electron chi connectivity index (χ4n) is 9.52. The first kappa shape index (κ1) is 26.8. The van der Waals surface area contributed by atoms with Gasteiger partial charge in [-0.05, 0) is 117 Å². The molecule has 0 unspecified atom stereocenters. The molecule has 1 saturated carbocycles. The van der Waals surface area contributed by atoms with E-state index in [4.69, 9.17) is 0 Å². The summed E-state index contributed by atoms with van der Waals surface area (Å²) in [6.45, 7) is 0. The van der Waals surface area contributed by atoms with E-state index in [1.54, 1.807) is 0 Å². The van der Waals surface area contributed by atoms with Gasteiger partial charge in [-0.25, -0.2) is 0 Å². The van der Waals surface area contributed by atoms with Gasteiger partial charge in [0.2, 0.25) is 0 Å². The molecule has 7 aromatic rings. The number of fused-ring (bicyclic) bond motifs is 11. The molecule has 1 heteroatoms. The molecule has 0 atom stereocenters. The SMILES string of the molecule is c1ccc(N(c2ccc3c(c2)C2(CCC4(CC2)c2ccccc2-c2ccccc24)c2ccccc2-3)c2ccc3ccccc3c2)cc1. The lowest BCUT2D eigenvalue weighted by Crippen LogP contribution is -2.39. The van der Waals surface area contributed by atoms with Crippen LogP contribution in [0.15, 0.2) is 164 Å². The molecule has 3 aliphatic carbocycles. The van der Waals surface area contributed by atoms with Gasteiger partial charge >= 0.3 is 0 Å². The first-order valence-electron chi connectivity index (χ1n) is 17.0. The van der Waals surface area contributed by atoms with Gasteiger partial charge in [-0.15, -0.1) is 0 Å². The lowest BCUT2D eigenvalue weighted by atomic mass is 9.57. The number of anilines is 3. The van der Waals surface area contributed by atoms with E-state index in [9.17, 15) is 0 Å². The molecule has 10 rings (SSSR count). The molecule has 0 saturated heterocycles. The van der Waals surface area contributed by atoms with Gasteiger partial charge in [0.05, 0.1) is 0 Å². The van der Waals surface area contributed by atoms with Gasteiger partial charge in [-0.1, -0.05) is 127 Å². The number of hydrogen-bond acceptors (Lipinski definition) is 1. The van der Waals surface area contributed by atoms with Crippen LogP contribution < -0.4 is 4.90 Å². The van der Waals surface area contributed by atoms with Crippen LogP contribution in [0.1, 0.15) is 47.9 Å². The van der Waals surface area contributed by atoms with Crippen molar-refractivity contribution in [2.24, 2.45) is 0 Å². The van der Waals surface area contributed by atoms with Crippen molar-refractivity contribution in [2.45, 2.75) is 36.5 Å². The number of benzene rings is 7. The maximum Gasteiger partial charge on any atom is 0.0468 e. The maximum absolute atomic E-state index is 2.53. The van der Waals surface area contributed by atoms with Crippen LogP contribution in [-0.4, -0.2) is 0 Å². The Morgan fingerprint density at radius 2 is 0.766 bits per heavy atom. The van der Waals surface area contributed by atoms with E-state index in [2.05, 4.69) is 169 Å². The van der Waals surface area contributed by atoms with Gasteiger partial charge in [0, 0.05) is 27.9 Å². The van der Waals surface area contributed by atoms with Crippen LogP contribution in [0.3, 0.4) is 0 Å². The monoisotopic (exact) mass is 601 g/mol. The zero-order chi connectivity index (χ0) is 31.0. The third kappa shape index (κ3) is 3.77. The zero-order valence-electron chi connectivity index (χ0n) is 26.4. The smallest absolute Gasteiger partial charge is 0.0468 e. The molecule has 0 aromatic heterocycles. The Bertz CT molecular complexity index is 2270. The zero-order valence-corrected chi connectivity index (χ0v) is 26.4. The highest BCUT2D eigenvalue weighted by Crippen LogP contribution is 2.63. The summed E-state index contributed by atoms with van der Waals surface area (Å²) < 4.78 is 0. The highest BCUT2D eigenvalue weighted by molar-refractivity contribution is 5.91. The van der Waals surface area contributed by atoms with Crippen LogP contribution in [0.2, 0.25) is 0 Å². The van der Waals surface area contributed by atoms with Gasteiger partial charge in [-0.3, -0.25) is 0 Å². The summed E-state index contributed by atoms with van der Waals surface area (Å²) >= 11 is 0. The van der Waals surface area contributed by atoms with Crippen molar-refractivity contribution in [3.05, 3.63) is 186 Å². The molecule has 47 heavy (non-hydrogen) atoms. The third-order valence-electron chi connectivity index (χ3n) is 11.6. The Hall–Kier alpha value is -5.40. The van der Waals surface area contributed by atoms with E-state index in [0.717, 1.165) is 25.7 Å². The van der Waals surface area contributed by atoms with Gasteiger partial charge in [0.15, 0.2) is 0 Å². The van der Waals surface area contributed by atoms with Crippen LogP contribution in [0, 0.1) is 0 Å². The van der Waals surface area contributed by atoms with E-state index in [1.807, 2.05) is 0 Å². The average molecular weight is 602 g/mol. The summed E-state index contributed by atoms with van der Waals surface area (Å²) in [6, 6.07) is 61.3. The number of rotatable bonds is 3. The Morgan fingerprint density at radius 3 is 1.38 bits per heavy atom. The first-order chi connectivity index (χ1) is 23.3. The quantitative estimate of drug-likeness (QED) is 0.195. The normalized spacial score (nSPS) is 16.1. The highest BCUT2D eigenvalue weighted by Gasteiger charge is 2.53. The fraction of sp³-hybridized carbons (Fsp3) is 0.130. The fourth-order valence-corrected chi connectivity index (χ4v) is 9.52. The maximum atomic E-state index is 2.53. The second-order valence-electron chi connectivity index (χ2n) is 13.7. The van der Waals surface area contributed by atoms with Crippen LogP contribution in [0.4, 0.5) is 17.1 Å². The minimum Gasteiger partial charge on any atom is -0.310 e. The summed E-state index contributed by atoms with van der Waals surface area (Å²) in [5.41, 5.74) is 15.4. The van der Waals surface area contributed by atoms with E-state index in [1.165, 1.54) is 72.3 Å². The molecule has 1 fully saturated rings. The molecule has 0 radical (unpaired) electrons. The molecule has 1 nitrogen and oxygen atoms in total. The first-order valence-corrected chi connectivity index (χ1v) is 17.0. The number of para-hydroxylation sites is 1. The summed E-state index contributed by atoms with van der Waals surface area (Å²) in [5, 5.41) is 2.52. The molecule has 2 spiro atoms. The number of nitrogens with zero attached hydrogens (tertiary/aromatic N) is 1. The second-order valence-corrected chi connectivity index (χ2v) is 13.7. The highest BCUT2D eigenvalue weighted by atomic mass is 15.1. The molecule has 7 aromatic carbocycles. The molecule has 224 valence electrons. The third-order valence-corrected chi connectivity index (χ3v) is 11.6. The topological polar surface area (TPSA) is 3.24 Å². The van der Waals surface area contributed by atoms with Crippen molar-refractivity contribution in [3.8, 4) is 22.3 Å². The van der Waals surface area contributed by atoms with Gasteiger partial charge in [0.25, 0.3) is 0 Å². The average Bonchev–Trinajstić information content (AvgIpc) is 3.57. The van der Waals surface area contributed by atoms with Crippen molar-refractivity contribution in [1.82, 2.24) is 0 Å². The Kier molecular flexibility index (Phi) is 5.73. The predicted molar refractivity (Wildman–Crippen MR) is 196 cm³/mol. The molecule has 0 heterocycles. The molecule has 3 aliphatic rings. The van der Waals surface area contributed by atoms with Crippen molar-refractivity contribution in [2.75, 3.05) is 4.90 Å². The Balaban J connectivity index is 1.12. The van der Waals surface area contributed by atoms with E-state index >= 15 is 0 Å². The number of hydrogen-bond donors (Lipinski definition) is 0. The molecule has 0 bridgehead atoms. The summed E-state index contributed by atoms with van der Waals surface area (Å²) in [5.74, 6) is 0. The van der Waals surface area contributed by atoms with Crippen molar-refractivity contribution in [1.29, 1.82) is 0 Å². The molecular weight excluding hydrogens is 567 g/mol. The van der Waals surface area contributed by atoms with Crippen LogP contribution in [0.5, 0.6) is 0 Å². The van der Waals surface area contributed by atoms with Crippen molar-refractivity contribution < 1.29 is 0 Å². The van der Waals surface area contributed by atoms with Gasteiger partial charge in [-0.2, -0.15) is 0 Å². The van der Waals surface area contributed by atoms with Crippen LogP contribution in [0.25, 0.3) is 33.0 Å². The standard InChI is InChI=1S/C46H35N/c1-2-14-34(15-3-1)47(35-23-22-32-12-4-5-13-33(32)30-35)36-24-25-40-39-18-8-11-21-43(39)46(44(40)31-36)28-26-45(27-29-46)41-19-9-6-16-37(41)38-17-7-10-20-42(38)45/h1-25,30-31H,26-29H2. The lowest BCUT2D eigenvalue weighted by molar-refractivity contribution is 0.265. The molecular formula is C46H35N. The minimum absolute atomic E-state index is 0.00853. The summed E-state index contributed by atoms with van der Waals surface area (Å²) in [7, 11) is 0. The predicted octanol–water partition coefficient (Wildman–Crippen LogP) is 12.1. The van der Waals surface area contributed by atoms with Crippen molar-refractivity contribution in [3.63, 3.8) is 0 Å². The van der Waals surface area contributed by atoms with Crippen molar-refractivity contribution >= 4 is 27.8 Å². The van der Waals surface area contributed by atoms with E-state index in [0.29, 0.717) is 0 Å². The van der Waals surface area contributed by atoms with Gasteiger partial charge in [0.1, 0.15) is 0 Å². The van der Waals surface area contributed by atoms with E-state index < -0.39 is 0 Å². The van der Waals surface area contributed by atoms with Gasteiger partial charge < -0.3 is 4.90 Å². The minimum atomic E-state index is -0.00853. The summed E-state index contributed by atoms with van der Waals surface area (Å²) in [4.78, 5) is 2.44. The summed E-state index contributed by atoms with van der Waals surface area (Å²) in [6.07, 6.45) is 4.55. The van der Waals surface area contributed by atoms with Crippen LogP contribution in [-0.2, 0) is 10.8 Å². The largest absolute Gasteiger partial charge is 0.310 e. The lowest BCUT2D eigenvalue weighted by Gasteiger charge is -2.45.